The number of carbonyl (C=O) groups excluding carboxylic acids is 1. The standard InChI is InChI=1S/C14H20N2O3S/c1-12(17)13-5-4-9-16(11-13)20(18,19)10-7-14-6-2-3-8-15-14/h2-3,6,8,13H,4-5,7,9-11H2,1H3. The van der Waals surface area contributed by atoms with Crippen molar-refractivity contribution in [3.8, 4) is 0 Å². The van der Waals surface area contributed by atoms with Crippen LogP contribution in [0.25, 0.3) is 0 Å². The number of Topliss-reactive ketones (excluding diaryl/α,β-unsaturated/α-hetero) is 1. The van der Waals surface area contributed by atoms with Crippen LogP contribution in [0.15, 0.2) is 24.4 Å². The fraction of sp³-hybridized carbons (Fsp3) is 0.571. The van der Waals surface area contributed by atoms with Crippen molar-refractivity contribution in [2.24, 2.45) is 5.92 Å². The van der Waals surface area contributed by atoms with Crippen molar-refractivity contribution in [2.45, 2.75) is 26.2 Å². The molecule has 0 N–H and O–H groups in total. The van der Waals surface area contributed by atoms with Gasteiger partial charge in [0.15, 0.2) is 0 Å². The van der Waals surface area contributed by atoms with E-state index in [1.54, 1.807) is 12.3 Å². The Morgan fingerprint density at radius 3 is 2.90 bits per heavy atom. The second-order valence-corrected chi connectivity index (χ2v) is 7.28. The van der Waals surface area contributed by atoms with E-state index in [0.29, 0.717) is 19.5 Å². The maximum absolute atomic E-state index is 12.3. The van der Waals surface area contributed by atoms with Crippen LogP contribution in [0.1, 0.15) is 25.5 Å². The lowest BCUT2D eigenvalue weighted by Crippen LogP contribution is -2.43. The maximum Gasteiger partial charge on any atom is 0.214 e. The third-order valence-electron chi connectivity index (χ3n) is 3.69. The van der Waals surface area contributed by atoms with E-state index in [0.717, 1.165) is 18.5 Å². The highest BCUT2D eigenvalue weighted by Gasteiger charge is 2.30. The zero-order valence-corrected chi connectivity index (χ0v) is 12.5. The third kappa shape index (κ3) is 3.86. The Kier molecular flexibility index (Phi) is 4.88. The summed E-state index contributed by atoms with van der Waals surface area (Å²) in [6, 6.07) is 5.48. The summed E-state index contributed by atoms with van der Waals surface area (Å²) in [5, 5.41) is 0. The van der Waals surface area contributed by atoms with Crippen molar-refractivity contribution in [3.05, 3.63) is 30.1 Å². The van der Waals surface area contributed by atoms with Crippen molar-refractivity contribution >= 4 is 15.8 Å². The van der Waals surface area contributed by atoms with Gasteiger partial charge in [-0.3, -0.25) is 9.78 Å². The second kappa shape index (κ2) is 6.45. The number of rotatable bonds is 5. The van der Waals surface area contributed by atoms with Crippen LogP contribution in [0.5, 0.6) is 0 Å². The van der Waals surface area contributed by atoms with Crippen molar-refractivity contribution in [1.82, 2.24) is 9.29 Å². The predicted octanol–water partition coefficient (Wildman–Crippen LogP) is 1.25. The Balaban J connectivity index is 1.97. The lowest BCUT2D eigenvalue weighted by molar-refractivity contribution is -0.121. The lowest BCUT2D eigenvalue weighted by Gasteiger charge is -2.30. The summed E-state index contributed by atoms with van der Waals surface area (Å²) in [6.07, 6.45) is 3.62. The predicted molar refractivity (Wildman–Crippen MR) is 76.7 cm³/mol. The number of carbonyl (C=O) groups is 1. The molecular formula is C14H20N2O3S. The SMILES string of the molecule is CC(=O)C1CCCN(S(=O)(=O)CCc2ccccn2)C1. The monoisotopic (exact) mass is 296 g/mol. The van der Waals surface area contributed by atoms with Gasteiger partial charge >= 0.3 is 0 Å². The van der Waals surface area contributed by atoms with Gasteiger partial charge in [-0.25, -0.2) is 12.7 Å². The number of hydrogen-bond donors (Lipinski definition) is 0. The van der Waals surface area contributed by atoms with Gasteiger partial charge in [0.05, 0.1) is 5.75 Å². The molecule has 1 saturated heterocycles. The van der Waals surface area contributed by atoms with E-state index in [-0.39, 0.29) is 17.5 Å². The molecule has 6 heteroatoms. The van der Waals surface area contributed by atoms with Crippen LogP contribution < -0.4 is 0 Å². The molecule has 2 rings (SSSR count). The maximum atomic E-state index is 12.3. The summed E-state index contributed by atoms with van der Waals surface area (Å²) in [5.41, 5.74) is 0.774. The fourth-order valence-electron chi connectivity index (χ4n) is 2.44. The average Bonchev–Trinajstić information content (AvgIpc) is 2.46. The van der Waals surface area contributed by atoms with E-state index in [9.17, 15) is 13.2 Å². The largest absolute Gasteiger partial charge is 0.300 e. The summed E-state index contributed by atoms with van der Waals surface area (Å²) < 4.78 is 26.1. The number of pyridine rings is 1. The molecule has 5 nitrogen and oxygen atoms in total. The first kappa shape index (κ1) is 15.1. The number of ketones is 1. The molecule has 1 atom stereocenters. The first-order chi connectivity index (χ1) is 9.49. The molecule has 0 spiro atoms. The summed E-state index contributed by atoms with van der Waals surface area (Å²) in [5.74, 6) is -0.0164. The Hall–Kier alpha value is -1.27. The minimum atomic E-state index is -3.31. The second-order valence-electron chi connectivity index (χ2n) is 5.19. The van der Waals surface area contributed by atoms with E-state index in [2.05, 4.69) is 4.98 Å². The highest BCUT2D eigenvalue weighted by Crippen LogP contribution is 2.20. The highest BCUT2D eigenvalue weighted by atomic mass is 32.2. The molecule has 20 heavy (non-hydrogen) atoms. The molecule has 0 aromatic carbocycles. The molecule has 0 saturated carbocycles. The molecule has 0 aliphatic carbocycles. The van der Waals surface area contributed by atoms with Gasteiger partial charge in [-0.15, -0.1) is 0 Å². The van der Waals surface area contributed by atoms with Crippen LogP contribution in [0.2, 0.25) is 0 Å². The lowest BCUT2D eigenvalue weighted by atomic mass is 9.96. The molecule has 2 heterocycles. The normalized spacial score (nSPS) is 20.8. The van der Waals surface area contributed by atoms with Gasteiger partial charge < -0.3 is 0 Å². The summed E-state index contributed by atoms with van der Waals surface area (Å²) in [4.78, 5) is 15.6. The van der Waals surface area contributed by atoms with Gasteiger partial charge in [0.25, 0.3) is 0 Å². The first-order valence-corrected chi connectivity index (χ1v) is 8.48. The number of aryl methyl sites for hydroxylation is 1. The van der Waals surface area contributed by atoms with Crippen molar-refractivity contribution < 1.29 is 13.2 Å². The fourth-order valence-corrected chi connectivity index (χ4v) is 3.98. The first-order valence-electron chi connectivity index (χ1n) is 6.87. The summed E-state index contributed by atoms with van der Waals surface area (Å²) in [6.45, 7) is 2.39. The summed E-state index contributed by atoms with van der Waals surface area (Å²) >= 11 is 0. The number of nitrogens with zero attached hydrogens (tertiary/aromatic N) is 2. The average molecular weight is 296 g/mol. The molecule has 0 amide bonds. The van der Waals surface area contributed by atoms with Gasteiger partial charge in [0, 0.05) is 37.3 Å². The van der Waals surface area contributed by atoms with E-state index >= 15 is 0 Å². The number of piperidine rings is 1. The van der Waals surface area contributed by atoms with Crippen molar-refractivity contribution in [1.29, 1.82) is 0 Å². The minimum Gasteiger partial charge on any atom is -0.300 e. The van der Waals surface area contributed by atoms with Crippen LogP contribution in [-0.2, 0) is 21.2 Å². The quantitative estimate of drug-likeness (QED) is 0.820. The topological polar surface area (TPSA) is 67.3 Å². The molecule has 110 valence electrons. The van der Waals surface area contributed by atoms with Gasteiger partial charge in [-0.1, -0.05) is 6.07 Å². The molecule has 1 aliphatic rings. The number of sulfonamides is 1. The van der Waals surface area contributed by atoms with Gasteiger partial charge in [0.2, 0.25) is 10.0 Å². The van der Waals surface area contributed by atoms with Crippen LogP contribution >= 0.6 is 0 Å². The zero-order valence-electron chi connectivity index (χ0n) is 11.7. The van der Waals surface area contributed by atoms with Crippen molar-refractivity contribution in [2.75, 3.05) is 18.8 Å². The Morgan fingerprint density at radius 2 is 2.25 bits per heavy atom. The smallest absolute Gasteiger partial charge is 0.214 e. The molecule has 0 radical (unpaired) electrons. The molecule has 1 fully saturated rings. The molecular weight excluding hydrogens is 276 g/mol. The Bertz CT molecular complexity index is 557. The van der Waals surface area contributed by atoms with Crippen LogP contribution in [-0.4, -0.2) is 42.3 Å². The minimum absolute atomic E-state index is 0.0502. The Morgan fingerprint density at radius 1 is 1.45 bits per heavy atom. The highest BCUT2D eigenvalue weighted by molar-refractivity contribution is 7.89. The number of aromatic nitrogens is 1. The molecule has 1 aromatic heterocycles. The van der Waals surface area contributed by atoms with E-state index in [1.807, 2.05) is 12.1 Å². The van der Waals surface area contributed by atoms with Crippen LogP contribution in [0.3, 0.4) is 0 Å². The van der Waals surface area contributed by atoms with Gasteiger partial charge in [-0.2, -0.15) is 0 Å². The summed E-state index contributed by atoms with van der Waals surface area (Å²) in [7, 11) is -3.31. The third-order valence-corrected chi connectivity index (χ3v) is 5.53. The molecule has 1 unspecified atom stereocenters. The number of hydrogen-bond acceptors (Lipinski definition) is 4. The molecule has 0 bridgehead atoms. The van der Waals surface area contributed by atoms with Crippen molar-refractivity contribution in [3.63, 3.8) is 0 Å². The van der Waals surface area contributed by atoms with Gasteiger partial charge in [0.1, 0.15) is 5.78 Å². The van der Waals surface area contributed by atoms with E-state index < -0.39 is 10.0 Å². The van der Waals surface area contributed by atoms with Gasteiger partial charge in [-0.05, 0) is 31.9 Å². The Labute approximate surface area is 120 Å². The van der Waals surface area contributed by atoms with E-state index in [1.165, 1.54) is 11.2 Å². The van der Waals surface area contributed by atoms with E-state index in [4.69, 9.17) is 0 Å². The van der Waals surface area contributed by atoms with Crippen LogP contribution in [0, 0.1) is 5.92 Å². The molecule has 1 aromatic rings. The van der Waals surface area contributed by atoms with Crippen LogP contribution in [0.4, 0.5) is 0 Å². The molecule has 1 aliphatic heterocycles. The zero-order chi connectivity index (χ0) is 14.6.